The molecule has 24 heavy (non-hydrogen) atoms. The van der Waals surface area contributed by atoms with Crippen molar-refractivity contribution in [2.45, 2.75) is 38.3 Å². The molecule has 2 atom stereocenters. The molecule has 5 rings (SSSR count). The van der Waals surface area contributed by atoms with Crippen LogP contribution in [-0.4, -0.2) is 61.0 Å². The Hall–Kier alpha value is -1.43. The minimum atomic E-state index is -0.438. The first kappa shape index (κ1) is 16.1. The molecule has 3 saturated heterocycles. The van der Waals surface area contributed by atoms with Gasteiger partial charge in [-0.05, 0) is 38.0 Å². The van der Waals surface area contributed by atoms with Crippen molar-refractivity contribution in [1.29, 1.82) is 0 Å². The van der Waals surface area contributed by atoms with Gasteiger partial charge in [-0.15, -0.1) is 0 Å². The summed E-state index contributed by atoms with van der Waals surface area (Å²) in [6, 6.07) is 7.30. The smallest absolute Gasteiger partial charge is 0.234 e. The summed E-state index contributed by atoms with van der Waals surface area (Å²) >= 11 is 0. The van der Waals surface area contributed by atoms with Crippen LogP contribution in [-0.2, 0) is 10.2 Å². The summed E-state index contributed by atoms with van der Waals surface area (Å²) < 4.78 is 0. The fourth-order valence-corrected chi connectivity index (χ4v) is 4.21. The summed E-state index contributed by atoms with van der Waals surface area (Å²) in [7, 11) is 0. The van der Waals surface area contributed by atoms with Crippen molar-refractivity contribution in [3.8, 4) is 0 Å². The molecule has 2 unspecified atom stereocenters. The molecule has 4 aliphatic rings. The van der Waals surface area contributed by atoms with Gasteiger partial charge in [0, 0.05) is 57.0 Å². The maximum Gasteiger partial charge on any atom is 0.234 e. The fourth-order valence-electron chi connectivity index (χ4n) is 4.21. The monoisotopic (exact) mass is 328 g/mol. The van der Waals surface area contributed by atoms with Gasteiger partial charge in [0.1, 0.15) is 0 Å². The van der Waals surface area contributed by atoms with Crippen molar-refractivity contribution in [2.24, 2.45) is 0 Å². The second-order valence-corrected chi connectivity index (χ2v) is 8.00. The van der Waals surface area contributed by atoms with E-state index in [2.05, 4.69) is 39.5 Å². The largest absolute Gasteiger partial charge is 0.325 e. The molecular formula is C19H28N4O. The summed E-state index contributed by atoms with van der Waals surface area (Å²) in [5.74, 6) is 0.0929. The molecular weight excluding hydrogens is 300 g/mol. The number of rotatable bonds is 4. The van der Waals surface area contributed by atoms with E-state index < -0.39 is 5.41 Å². The van der Waals surface area contributed by atoms with E-state index >= 15 is 0 Å². The predicted molar refractivity (Wildman–Crippen MR) is 96.3 cm³/mol. The first-order valence-electron chi connectivity index (χ1n) is 9.11. The third kappa shape index (κ3) is 2.65. The molecule has 0 spiro atoms. The lowest BCUT2D eigenvalue weighted by molar-refractivity contribution is -0.119. The number of carbonyl (C=O) groups is 1. The third-order valence-corrected chi connectivity index (χ3v) is 6.08. The molecule has 3 fully saturated rings. The molecule has 5 nitrogen and oxygen atoms in total. The molecule has 2 bridgehead atoms. The molecule has 130 valence electrons. The van der Waals surface area contributed by atoms with Crippen LogP contribution in [0.2, 0.25) is 0 Å². The molecule has 1 aromatic rings. The second-order valence-electron chi connectivity index (χ2n) is 8.00. The van der Waals surface area contributed by atoms with E-state index in [0.717, 1.165) is 17.8 Å². The summed E-state index contributed by atoms with van der Waals surface area (Å²) in [5, 5.41) is 6.69. The van der Waals surface area contributed by atoms with E-state index in [0.29, 0.717) is 12.1 Å². The third-order valence-electron chi connectivity index (χ3n) is 6.08. The van der Waals surface area contributed by atoms with Gasteiger partial charge in [0.15, 0.2) is 0 Å². The number of hydrogen-bond donors (Lipinski definition) is 2. The Labute approximate surface area is 144 Å². The molecule has 0 aromatic heterocycles. The lowest BCUT2D eigenvalue weighted by Crippen LogP contribution is -2.63. The molecule has 1 amide bonds. The van der Waals surface area contributed by atoms with Crippen LogP contribution in [0.1, 0.15) is 37.9 Å². The number of amides is 1. The zero-order valence-corrected chi connectivity index (χ0v) is 14.9. The number of benzene rings is 1. The minimum Gasteiger partial charge on any atom is -0.325 e. The summed E-state index contributed by atoms with van der Waals surface area (Å²) in [6.07, 6.45) is 0. The van der Waals surface area contributed by atoms with Gasteiger partial charge in [-0.25, -0.2) is 0 Å². The minimum absolute atomic E-state index is 0.0929. The Balaban J connectivity index is 1.43. The SMILES string of the molecule is CC(NCC1CN2CCN1CC2)c1ccc2c(c1)C(C)(C)C(=O)N2. The van der Waals surface area contributed by atoms with E-state index in [1.807, 2.05) is 19.9 Å². The predicted octanol–water partition coefficient (Wildman–Crippen LogP) is 1.57. The van der Waals surface area contributed by atoms with Gasteiger partial charge in [-0.2, -0.15) is 0 Å². The quantitative estimate of drug-likeness (QED) is 0.881. The number of anilines is 1. The highest BCUT2D eigenvalue weighted by atomic mass is 16.2. The van der Waals surface area contributed by atoms with Crippen molar-refractivity contribution in [3.63, 3.8) is 0 Å². The summed E-state index contributed by atoms with van der Waals surface area (Å²) in [6.45, 7) is 13.3. The maximum atomic E-state index is 12.1. The molecule has 0 saturated carbocycles. The van der Waals surface area contributed by atoms with Crippen LogP contribution in [0.3, 0.4) is 0 Å². The first-order chi connectivity index (χ1) is 11.4. The average Bonchev–Trinajstić information content (AvgIpc) is 2.83. The maximum absolute atomic E-state index is 12.1. The second kappa shape index (κ2) is 5.83. The zero-order chi connectivity index (χ0) is 16.9. The van der Waals surface area contributed by atoms with Crippen molar-refractivity contribution < 1.29 is 4.79 Å². The Morgan fingerprint density at radius 2 is 2.04 bits per heavy atom. The van der Waals surface area contributed by atoms with E-state index in [1.54, 1.807) is 0 Å². The van der Waals surface area contributed by atoms with Gasteiger partial charge in [0.25, 0.3) is 0 Å². The standard InChI is InChI=1S/C19H28N4O/c1-13(20-11-15-12-22-6-8-23(15)9-7-22)14-4-5-17-16(10-14)19(2,3)18(24)21-17/h4-5,10,13,15,20H,6-9,11-12H2,1-3H3,(H,21,24). The van der Waals surface area contributed by atoms with Gasteiger partial charge in [0.2, 0.25) is 5.91 Å². The molecule has 1 aromatic carbocycles. The van der Waals surface area contributed by atoms with Gasteiger partial charge in [-0.1, -0.05) is 12.1 Å². The Kier molecular flexibility index (Phi) is 3.90. The van der Waals surface area contributed by atoms with Crippen LogP contribution in [0, 0.1) is 0 Å². The van der Waals surface area contributed by atoms with Gasteiger partial charge in [0.05, 0.1) is 5.41 Å². The van der Waals surface area contributed by atoms with Crippen LogP contribution < -0.4 is 10.6 Å². The van der Waals surface area contributed by atoms with Crippen LogP contribution in [0.4, 0.5) is 5.69 Å². The first-order valence-corrected chi connectivity index (χ1v) is 9.11. The van der Waals surface area contributed by atoms with Crippen LogP contribution in [0.5, 0.6) is 0 Å². The molecule has 0 radical (unpaired) electrons. The molecule has 2 N–H and O–H groups in total. The van der Waals surface area contributed by atoms with E-state index in [-0.39, 0.29) is 5.91 Å². The van der Waals surface area contributed by atoms with Crippen molar-refractivity contribution in [2.75, 3.05) is 44.6 Å². The lowest BCUT2D eigenvalue weighted by atomic mass is 9.85. The van der Waals surface area contributed by atoms with Crippen molar-refractivity contribution in [3.05, 3.63) is 29.3 Å². The van der Waals surface area contributed by atoms with Crippen LogP contribution in [0.15, 0.2) is 18.2 Å². The molecule has 5 heteroatoms. The van der Waals surface area contributed by atoms with Gasteiger partial charge in [-0.3, -0.25) is 14.6 Å². The number of piperazine rings is 3. The van der Waals surface area contributed by atoms with Crippen molar-refractivity contribution in [1.82, 2.24) is 15.1 Å². The number of nitrogens with zero attached hydrogens (tertiary/aromatic N) is 2. The number of nitrogens with one attached hydrogen (secondary N) is 2. The van der Waals surface area contributed by atoms with E-state index in [9.17, 15) is 4.79 Å². The molecule has 4 heterocycles. The summed E-state index contributed by atoms with van der Waals surface area (Å²) in [4.78, 5) is 17.3. The van der Waals surface area contributed by atoms with Crippen LogP contribution >= 0.6 is 0 Å². The van der Waals surface area contributed by atoms with Crippen molar-refractivity contribution >= 4 is 11.6 Å². The number of carbonyl (C=O) groups excluding carboxylic acids is 1. The Morgan fingerprint density at radius 1 is 1.29 bits per heavy atom. The lowest BCUT2D eigenvalue weighted by Gasteiger charge is -2.47. The van der Waals surface area contributed by atoms with E-state index in [4.69, 9.17) is 0 Å². The highest BCUT2D eigenvalue weighted by molar-refractivity contribution is 6.05. The average molecular weight is 328 g/mol. The number of fused-ring (bicyclic) bond motifs is 4. The van der Waals surface area contributed by atoms with Gasteiger partial charge >= 0.3 is 0 Å². The topological polar surface area (TPSA) is 47.6 Å². The normalized spacial score (nSPS) is 31.6. The number of hydrogen-bond acceptors (Lipinski definition) is 4. The molecule has 4 aliphatic heterocycles. The zero-order valence-electron chi connectivity index (χ0n) is 14.9. The Morgan fingerprint density at radius 3 is 2.71 bits per heavy atom. The highest BCUT2D eigenvalue weighted by Crippen LogP contribution is 2.38. The molecule has 0 aliphatic carbocycles. The van der Waals surface area contributed by atoms with E-state index in [1.165, 1.54) is 38.3 Å². The van der Waals surface area contributed by atoms with Crippen LogP contribution in [0.25, 0.3) is 0 Å². The summed E-state index contributed by atoms with van der Waals surface area (Å²) in [5.41, 5.74) is 2.90. The fraction of sp³-hybridized carbons (Fsp3) is 0.632. The van der Waals surface area contributed by atoms with Gasteiger partial charge < -0.3 is 10.6 Å². The highest BCUT2D eigenvalue weighted by Gasteiger charge is 2.38. The Bertz CT molecular complexity index is 649.